The second-order valence-electron chi connectivity index (χ2n) is 7.15. The van der Waals surface area contributed by atoms with Crippen molar-refractivity contribution in [1.82, 2.24) is 19.4 Å². The molecule has 2 aromatic heterocycles. The van der Waals surface area contributed by atoms with E-state index in [4.69, 9.17) is 0 Å². The topological polar surface area (TPSA) is 52.2 Å². The Morgan fingerprint density at radius 2 is 1.46 bits per heavy atom. The number of aryl methyl sites for hydroxylation is 1. The molecule has 0 fully saturated rings. The summed E-state index contributed by atoms with van der Waals surface area (Å²) in [6, 6.07) is 7.65. The SMILES string of the molecule is CCCCCCCCCCCCn1c(=O)c2ccccc2c2nncn21. The lowest BCUT2D eigenvalue weighted by atomic mass is 10.1. The minimum absolute atomic E-state index is 0.0452. The van der Waals surface area contributed by atoms with E-state index in [9.17, 15) is 4.79 Å². The zero-order valence-corrected chi connectivity index (χ0v) is 15.9. The molecule has 0 aliphatic carbocycles. The molecule has 0 N–H and O–H groups in total. The molecule has 0 saturated carbocycles. The van der Waals surface area contributed by atoms with Crippen molar-refractivity contribution in [3.63, 3.8) is 0 Å². The Kier molecular flexibility index (Phi) is 6.81. The van der Waals surface area contributed by atoms with E-state index in [0.29, 0.717) is 6.54 Å². The van der Waals surface area contributed by atoms with Gasteiger partial charge in [-0.2, -0.15) is 0 Å². The van der Waals surface area contributed by atoms with E-state index in [0.717, 1.165) is 29.3 Å². The van der Waals surface area contributed by atoms with Crippen molar-refractivity contribution < 1.29 is 0 Å². The number of benzene rings is 1. The second-order valence-corrected chi connectivity index (χ2v) is 7.15. The normalized spacial score (nSPS) is 11.6. The highest BCUT2D eigenvalue weighted by Gasteiger charge is 2.11. The van der Waals surface area contributed by atoms with E-state index in [-0.39, 0.29) is 5.56 Å². The lowest BCUT2D eigenvalue weighted by molar-refractivity contribution is 0.489. The maximum absolute atomic E-state index is 12.8. The van der Waals surface area contributed by atoms with E-state index in [2.05, 4.69) is 17.1 Å². The molecular formula is C21H30N4O. The quantitative estimate of drug-likeness (QED) is 0.457. The van der Waals surface area contributed by atoms with E-state index >= 15 is 0 Å². The van der Waals surface area contributed by atoms with Gasteiger partial charge >= 0.3 is 0 Å². The summed E-state index contributed by atoms with van der Waals surface area (Å²) in [4.78, 5) is 12.8. The summed E-state index contributed by atoms with van der Waals surface area (Å²) < 4.78 is 3.58. The van der Waals surface area contributed by atoms with Gasteiger partial charge < -0.3 is 0 Å². The Morgan fingerprint density at radius 1 is 0.846 bits per heavy atom. The molecule has 0 saturated heterocycles. The minimum atomic E-state index is 0.0452. The van der Waals surface area contributed by atoms with Gasteiger partial charge in [0.1, 0.15) is 6.33 Å². The number of nitrogens with zero attached hydrogens (tertiary/aromatic N) is 4. The molecule has 5 nitrogen and oxygen atoms in total. The number of hydrogen-bond donors (Lipinski definition) is 0. The number of aromatic nitrogens is 4. The maximum Gasteiger partial charge on any atom is 0.273 e. The van der Waals surface area contributed by atoms with Gasteiger partial charge in [0, 0.05) is 11.9 Å². The predicted octanol–water partition coefficient (Wildman–Crippen LogP) is 4.97. The summed E-state index contributed by atoms with van der Waals surface area (Å²) in [7, 11) is 0. The lowest BCUT2D eigenvalue weighted by Crippen LogP contribution is -2.26. The van der Waals surface area contributed by atoms with Crippen molar-refractivity contribution >= 4 is 16.4 Å². The van der Waals surface area contributed by atoms with Crippen LogP contribution in [-0.2, 0) is 6.54 Å². The van der Waals surface area contributed by atoms with Crippen LogP contribution in [-0.4, -0.2) is 19.4 Å². The number of hydrogen-bond acceptors (Lipinski definition) is 3. The number of unbranched alkanes of at least 4 members (excludes halogenated alkanes) is 9. The summed E-state index contributed by atoms with van der Waals surface area (Å²) in [6.45, 7) is 2.98. The van der Waals surface area contributed by atoms with E-state index in [1.165, 1.54) is 51.4 Å². The molecule has 0 aliphatic heterocycles. The summed E-state index contributed by atoms with van der Waals surface area (Å²) in [5, 5.41) is 9.80. The number of fused-ring (bicyclic) bond motifs is 3. The van der Waals surface area contributed by atoms with Gasteiger partial charge in [-0.1, -0.05) is 82.9 Å². The van der Waals surface area contributed by atoms with Crippen LogP contribution >= 0.6 is 0 Å². The van der Waals surface area contributed by atoms with Crippen LogP contribution in [0.4, 0.5) is 0 Å². The summed E-state index contributed by atoms with van der Waals surface area (Å²) >= 11 is 0. The third-order valence-corrected chi connectivity index (χ3v) is 5.15. The Hall–Kier alpha value is -2.17. The fourth-order valence-corrected chi connectivity index (χ4v) is 3.64. The summed E-state index contributed by atoms with van der Waals surface area (Å²) in [5.74, 6) is 0. The molecule has 3 aromatic rings. The third-order valence-electron chi connectivity index (χ3n) is 5.15. The van der Waals surface area contributed by atoms with Crippen molar-refractivity contribution in [1.29, 1.82) is 0 Å². The fourth-order valence-electron chi connectivity index (χ4n) is 3.64. The standard InChI is InChI=1S/C21H30N4O/c1-2-3-4-5-6-7-8-9-10-13-16-24-21(26)19-15-12-11-14-18(19)20-23-22-17-25(20)24/h11-12,14-15,17H,2-10,13,16H2,1H3. The van der Waals surface area contributed by atoms with Crippen molar-refractivity contribution in [2.75, 3.05) is 0 Å². The van der Waals surface area contributed by atoms with Gasteiger partial charge in [0.05, 0.1) is 5.39 Å². The van der Waals surface area contributed by atoms with E-state index < -0.39 is 0 Å². The summed E-state index contributed by atoms with van der Waals surface area (Å²) in [5.41, 5.74) is 0.802. The van der Waals surface area contributed by atoms with Crippen LogP contribution in [0.3, 0.4) is 0 Å². The molecule has 0 amide bonds. The smallest absolute Gasteiger partial charge is 0.267 e. The molecule has 0 unspecified atom stereocenters. The average molecular weight is 354 g/mol. The zero-order chi connectivity index (χ0) is 18.2. The molecule has 5 heteroatoms. The molecule has 0 spiro atoms. The Bertz CT molecular complexity index is 880. The lowest BCUT2D eigenvalue weighted by Gasteiger charge is -2.10. The predicted molar refractivity (Wildman–Crippen MR) is 107 cm³/mol. The Balaban J connectivity index is 1.52. The third kappa shape index (κ3) is 4.32. The highest BCUT2D eigenvalue weighted by atomic mass is 16.1. The van der Waals surface area contributed by atoms with Crippen LogP contribution in [0.5, 0.6) is 0 Å². The first-order valence-corrected chi connectivity index (χ1v) is 10.1. The van der Waals surface area contributed by atoms with Crippen LogP contribution in [0.1, 0.15) is 71.1 Å². The molecule has 140 valence electrons. The van der Waals surface area contributed by atoms with E-state index in [1.54, 1.807) is 15.5 Å². The van der Waals surface area contributed by atoms with Gasteiger partial charge in [-0.15, -0.1) is 10.2 Å². The molecule has 0 aliphatic rings. The highest BCUT2D eigenvalue weighted by Crippen LogP contribution is 2.15. The van der Waals surface area contributed by atoms with Crippen LogP contribution in [0.2, 0.25) is 0 Å². The Labute approximate surface area is 155 Å². The molecular weight excluding hydrogens is 324 g/mol. The highest BCUT2D eigenvalue weighted by molar-refractivity contribution is 5.92. The monoisotopic (exact) mass is 354 g/mol. The summed E-state index contributed by atoms with van der Waals surface area (Å²) in [6.07, 6.45) is 14.5. The number of rotatable bonds is 11. The first kappa shape index (κ1) is 18.6. The van der Waals surface area contributed by atoms with Crippen molar-refractivity contribution in [3.05, 3.63) is 40.9 Å². The van der Waals surface area contributed by atoms with Crippen molar-refractivity contribution in [2.24, 2.45) is 0 Å². The van der Waals surface area contributed by atoms with Gasteiger partial charge in [-0.3, -0.25) is 4.79 Å². The van der Waals surface area contributed by atoms with Crippen LogP contribution < -0.4 is 5.56 Å². The minimum Gasteiger partial charge on any atom is -0.267 e. The van der Waals surface area contributed by atoms with Gasteiger partial charge in [-0.05, 0) is 12.5 Å². The molecule has 0 atom stereocenters. The molecule has 26 heavy (non-hydrogen) atoms. The van der Waals surface area contributed by atoms with E-state index in [1.807, 2.05) is 24.3 Å². The largest absolute Gasteiger partial charge is 0.273 e. The average Bonchev–Trinajstić information content (AvgIpc) is 3.15. The van der Waals surface area contributed by atoms with Gasteiger partial charge in [0.2, 0.25) is 0 Å². The van der Waals surface area contributed by atoms with Crippen LogP contribution in [0.15, 0.2) is 35.4 Å². The molecule has 0 radical (unpaired) electrons. The van der Waals surface area contributed by atoms with Crippen LogP contribution in [0.25, 0.3) is 16.4 Å². The van der Waals surface area contributed by atoms with Gasteiger partial charge in [-0.25, -0.2) is 9.20 Å². The van der Waals surface area contributed by atoms with Crippen molar-refractivity contribution in [2.45, 2.75) is 77.7 Å². The van der Waals surface area contributed by atoms with Gasteiger partial charge in [0.15, 0.2) is 5.65 Å². The molecule has 3 rings (SSSR count). The second kappa shape index (κ2) is 9.51. The molecule has 2 heterocycles. The fraction of sp³-hybridized carbons (Fsp3) is 0.571. The first-order valence-electron chi connectivity index (χ1n) is 10.1. The Morgan fingerprint density at radius 3 is 2.15 bits per heavy atom. The van der Waals surface area contributed by atoms with Crippen LogP contribution in [0, 0.1) is 0 Å². The maximum atomic E-state index is 12.8. The first-order chi connectivity index (χ1) is 12.8. The molecule has 0 bridgehead atoms. The van der Waals surface area contributed by atoms with Crippen molar-refractivity contribution in [3.8, 4) is 0 Å². The van der Waals surface area contributed by atoms with Gasteiger partial charge in [0.25, 0.3) is 5.56 Å². The molecule has 1 aromatic carbocycles. The zero-order valence-electron chi connectivity index (χ0n) is 15.9.